The molecule has 2 unspecified atom stereocenters. The van der Waals surface area contributed by atoms with E-state index in [1.54, 1.807) is 6.20 Å². The van der Waals surface area contributed by atoms with E-state index >= 15 is 0 Å². The van der Waals surface area contributed by atoms with Gasteiger partial charge < -0.3 is 31.8 Å². The number of hydrogen-bond donors (Lipinski definition) is 6. The fourth-order valence-electron chi connectivity index (χ4n) is 2.56. The molecule has 2 rings (SSSR count). The Hall–Kier alpha value is -3.40. The molecule has 10 nitrogen and oxygen atoms in total. The van der Waals surface area contributed by atoms with Crippen molar-refractivity contribution in [3.8, 4) is 0 Å². The van der Waals surface area contributed by atoms with Gasteiger partial charge in [0.2, 0.25) is 17.7 Å². The highest BCUT2D eigenvalue weighted by molar-refractivity contribution is 5.93. The van der Waals surface area contributed by atoms with Crippen molar-refractivity contribution in [3.63, 3.8) is 0 Å². The Bertz CT molecular complexity index is 876. The number of fused-ring (bicyclic) bond motifs is 1. The number of carboxylic acids is 1. The SMILES string of the molecule is CC(N)C(=O)NC(Cc1c[nH]c2ccccc12)C(=O)NCC(=O)NCC(=O)O. The molecular formula is C18H23N5O5. The molecule has 0 aliphatic heterocycles. The van der Waals surface area contributed by atoms with Crippen LogP contribution in [0.4, 0.5) is 0 Å². The predicted octanol–water partition coefficient (Wildman–Crippen LogP) is -1.14. The highest BCUT2D eigenvalue weighted by Crippen LogP contribution is 2.19. The maximum atomic E-state index is 12.5. The summed E-state index contributed by atoms with van der Waals surface area (Å²) < 4.78 is 0. The zero-order valence-corrected chi connectivity index (χ0v) is 15.3. The highest BCUT2D eigenvalue weighted by atomic mass is 16.4. The predicted molar refractivity (Wildman–Crippen MR) is 101 cm³/mol. The first-order valence-corrected chi connectivity index (χ1v) is 8.65. The summed E-state index contributed by atoms with van der Waals surface area (Å²) in [6, 6.07) is 5.76. The van der Waals surface area contributed by atoms with E-state index in [-0.39, 0.29) is 6.42 Å². The van der Waals surface area contributed by atoms with Crippen molar-refractivity contribution in [2.75, 3.05) is 13.1 Å². The number of H-pyrrole nitrogens is 1. The molecule has 0 saturated heterocycles. The number of carbonyl (C=O) groups excluding carboxylic acids is 3. The van der Waals surface area contributed by atoms with E-state index in [1.165, 1.54) is 6.92 Å². The number of aromatic amines is 1. The molecule has 0 saturated carbocycles. The molecule has 0 aliphatic rings. The van der Waals surface area contributed by atoms with Crippen LogP contribution in [-0.2, 0) is 25.6 Å². The van der Waals surface area contributed by atoms with E-state index in [1.807, 2.05) is 24.3 Å². The van der Waals surface area contributed by atoms with Crippen LogP contribution in [0, 0.1) is 0 Å². The normalized spacial score (nSPS) is 12.8. The molecule has 0 aliphatic carbocycles. The Morgan fingerprint density at radius 1 is 1.11 bits per heavy atom. The lowest BCUT2D eigenvalue weighted by Crippen LogP contribution is -2.53. The van der Waals surface area contributed by atoms with Crippen LogP contribution in [-0.4, -0.2) is 59.0 Å². The van der Waals surface area contributed by atoms with Gasteiger partial charge in [-0.2, -0.15) is 0 Å². The van der Waals surface area contributed by atoms with Crippen LogP contribution >= 0.6 is 0 Å². The van der Waals surface area contributed by atoms with Crippen LogP contribution in [0.15, 0.2) is 30.5 Å². The van der Waals surface area contributed by atoms with Crippen molar-refractivity contribution in [1.82, 2.24) is 20.9 Å². The molecule has 0 spiro atoms. The van der Waals surface area contributed by atoms with Gasteiger partial charge >= 0.3 is 5.97 Å². The van der Waals surface area contributed by atoms with E-state index < -0.39 is 48.9 Å². The second-order valence-electron chi connectivity index (χ2n) is 6.30. The van der Waals surface area contributed by atoms with Crippen LogP contribution in [0.25, 0.3) is 10.9 Å². The first-order chi connectivity index (χ1) is 13.3. The van der Waals surface area contributed by atoms with Crippen LogP contribution < -0.4 is 21.7 Å². The van der Waals surface area contributed by atoms with E-state index in [0.29, 0.717) is 0 Å². The molecule has 10 heteroatoms. The number of carboxylic acid groups (broad SMARTS) is 1. The van der Waals surface area contributed by atoms with Gasteiger partial charge in [0, 0.05) is 23.5 Å². The minimum absolute atomic E-state index is 0.186. The lowest BCUT2D eigenvalue weighted by atomic mass is 10.0. The number of para-hydroxylation sites is 1. The molecule has 1 heterocycles. The third kappa shape index (κ3) is 5.81. The van der Waals surface area contributed by atoms with E-state index in [2.05, 4.69) is 20.9 Å². The minimum Gasteiger partial charge on any atom is -0.480 e. The third-order valence-electron chi connectivity index (χ3n) is 4.01. The molecule has 0 radical (unpaired) electrons. The number of nitrogens with two attached hydrogens (primary N) is 1. The van der Waals surface area contributed by atoms with Gasteiger partial charge in [0.15, 0.2) is 0 Å². The molecule has 0 fully saturated rings. The molecular weight excluding hydrogens is 366 g/mol. The van der Waals surface area contributed by atoms with Crippen LogP contribution in [0.1, 0.15) is 12.5 Å². The standard InChI is InChI=1S/C18H23N5O5/c1-10(19)17(27)23-14(18(28)22-8-15(24)21-9-16(25)26)6-11-7-20-13-5-3-2-4-12(11)13/h2-5,7,10,14,20H,6,8-9,19H2,1H3,(H,21,24)(H,22,28)(H,23,27)(H,25,26). The van der Waals surface area contributed by atoms with E-state index in [4.69, 9.17) is 10.8 Å². The Labute approximate surface area is 160 Å². The smallest absolute Gasteiger partial charge is 0.322 e. The molecule has 150 valence electrons. The summed E-state index contributed by atoms with van der Waals surface area (Å²) in [5, 5.41) is 16.6. The summed E-state index contributed by atoms with van der Waals surface area (Å²) in [6.45, 7) is 0.536. The Morgan fingerprint density at radius 2 is 1.82 bits per heavy atom. The van der Waals surface area contributed by atoms with Crippen LogP contribution in [0.5, 0.6) is 0 Å². The topological polar surface area (TPSA) is 166 Å². The van der Waals surface area contributed by atoms with E-state index in [0.717, 1.165) is 16.5 Å². The number of amides is 3. The average molecular weight is 389 g/mol. The molecule has 2 aromatic rings. The number of rotatable bonds is 9. The summed E-state index contributed by atoms with van der Waals surface area (Å²) in [5.74, 6) is -2.93. The third-order valence-corrected chi connectivity index (χ3v) is 4.01. The van der Waals surface area contributed by atoms with Gasteiger partial charge in [0.1, 0.15) is 12.6 Å². The number of nitrogens with one attached hydrogen (secondary N) is 4. The minimum atomic E-state index is -1.19. The first-order valence-electron chi connectivity index (χ1n) is 8.65. The summed E-state index contributed by atoms with van der Waals surface area (Å²) in [6.07, 6.45) is 1.94. The van der Waals surface area contributed by atoms with Gasteiger partial charge in [-0.3, -0.25) is 19.2 Å². The monoisotopic (exact) mass is 389 g/mol. The quantitative estimate of drug-likeness (QED) is 0.317. The van der Waals surface area contributed by atoms with Crippen LogP contribution in [0.3, 0.4) is 0 Å². The zero-order chi connectivity index (χ0) is 20.7. The van der Waals surface area contributed by atoms with Crippen molar-refractivity contribution < 1.29 is 24.3 Å². The fourth-order valence-corrected chi connectivity index (χ4v) is 2.56. The maximum Gasteiger partial charge on any atom is 0.322 e. The summed E-state index contributed by atoms with van der Waals surface area (Å²) in [4.78, 5) is 49.7. The van der Waals surface area contributed by atoms with Gasteiger partial charge in [-0.15, -0.1) is 0 Å². The number of benzene rings is 1. The molecule has 1 aromatic heterocycles. The Balaban J connectivity index is 2.08. The zero-order valence-electron chi connectivity index (χ0n) is 15.3. The number of aliphatic carboxylic acids is 1. The summed E-state index contributed by atoms with van der Waals surface area (Å²) in [5.41, 5.74) is 7.28. The fraction of sp³-hybridized carbons (Fsp3) is 0.333. The largest absolute Gasteiger partial charge is 0.480 e. The second-order valence-corrected chi connectivity index (χ2v) is 6.30. The van der Waals surface area contributed by atoms with Gasteiger partial charge in [-0.05, 0) is 18.6 Å². The lowest BCUT2D eigenvalue weighted by Gasteiger charge is -2.19. The van der Waals surface area contributed by atoms with Gasteiger partial charge in [-0.1, -0.05) is 18.2 Å². The molecule has 7 N–H and O–H groups in total. The van der Waals surface area contributed by atoms with Crippen molar-refractivity contribution in [2.24, 2.45) is 5.73 Å². The van der Waals surface area contributed by atoms with Gasteiger partial charge in [0.25, 0.3) is 0 Å². The van der Waals surface area contributed by atoms with Crippen molar-refractivity contribution in [3.05, 3.63) is 36.0 Å². The lowest BCUT2D eigenvalue weighted by molar-refractivity contribution is -0.138. The molecule has 3 amide bonds. The van der Waals surface area contributed by atoms with E-state index in [9.17, 15) is 19.2 Å². The summed E-state index contributed by atoms with van der Waals surface area (Å²) in [7, 11) is 0. The Kier molecular flexibility index (Phi) is 7.10. The number of carbonyl (C=O) groups is 4. The van der Waals surface area contributed by atoms with Gasteiger partial charge in [0.05, 0.1) is 12.6 Å². The summed E-state index contributed by atoms with van der Waals surface area (Å²) >= 11 is 0. The molecule has 2 atom stereocenters. The number of hydrogen-bond acceptors (Lipinski definition) is 5. The van der Waals surface area contributed by atoms with Crippen molar-refractivity contribution in [2.45, 2.75) is 25.4 Å². The Morgan fingerprint density at radius 3 is 2.50 bits per heavy atom. The second kappa shape index (κ2) is 9.51. The number of aromatic nitrogens is 1. The first kappa shape index (κ1) is 20.9. The average Bonchev–Trinajstić information content (AvgIpc) is 3.06. The van der Waals surface area contributed by atoms with Crippen molar-refractivity contribution in [1.29, 1.82) is 0 Å². The van der Waals surface area contributed by atoms with Gasteiger partial charge in [-0.25, -0.2) is 0 Å². The molecule has 1 aromatic carbocycles. The van der Waals surface area contributed by atoms with Crippen LogP contribution in [0.2, 0.25) is 0 Å². The molecule has 0 bridgehead atoms. The maximum absolute atomic E-state index is 12.5. The van der Waals surface area contributed by atoms with Crippen molar-refractivity contribution >= 4 is 34.6 Å². The highest BCUT2D eigenvalue weighted by Gasteiger charge is 2.24. The molecule has 28 heavy (non-hydrogen) atoms.